The van der Waals surface area contributed by atoms with Crippen molar-refractivity contribution in [1.29, 1.82) is 0 Å². The highest BCUT2D eigenvalue weighted by Crippen LogP contribution is 2.41. The number of Topliss-reactive ketones (excluding diaryl/α,β-unsaturated/α-hetero) is 2. The second-order valence-electron chi connectivity index (χ2n) is 8.45. The summed E-state index contributed by atoms with van der Waals surface area (Å²) >= 11 is 2.36. The molecule has 0 fully saturated rings. The lowest BCUT2D eigenvalue weighted by molar-refractivity contribution is -0.138. The zero-order valence-corrected chi connectivity index (χ0v) is 23.3. The van der Waals surface area contributed by atoms with E-state index < -0.39 is 23.5 Å². The van der Waals surface area contributed by atoms with Gasteiger partial charge in [0.1, 0.15) is 5.75 Å². The molecular weight excluding hydrogens is 594 g/mol. The fourth-order valence-electron chi connectivity index (χ4n) is 3.48. The molecule has 4 aromatic rings. The number of aromatic hydroxyl groups is 1. The van der Waals surface area contributed by atoms with E-state index >= 15 is 0 Å². The molecule has 0 atom stereocenters. The first kappa shape index (κ1) is 31.8. The number of rotatable bonds is 7. The van der Waals surface area contributed by atoms with Crippen LogP contribution in [0.15, 0.2) is 59.3 Å². The first-order valence-electron chi connectivity index (χ1n) is 11.6. The van der Waals surface area contributed by atoms with Crippen molar-refractivity contribution in [3.05, 3.63) is 81.5 Å². The van der Waals surface area contributed by atoms with Crippen LogP contribution in [0, 0.1) is 0 Å². The maximum absolute atomic E-state index is 12.6. The standard InChI is InChI=1S/C15H13F3O3S.C13H9F3O2S/c1-9(19)12-7-22-14(13(12)21-8-20-2)10-3-5-11(6-4-10)15(16,17)18;1-7(17)10-6-19-12(11(10)18)8-2-4-9(5-3-8)13(14,15)16/h3-7H,8H2,1-2H3;2-6,18H,1H3. The Hall–Kier alpha value is -3.68. The van der Waals surface area contributed by atoms with Gasteiger partial charge in [0, 0.05) is 17.9 Å². The van der Waals surface area contributed by atoms with Crippen molar-refractivity contribution in [1.82, 2.24) is 0 Å². The number of methoxy groups -OCH3 is 1. The van der Waals surface area contributed by atoms with Gasteiger partial charge in [-0.1, -0.05) is 24.3 Å². The van der Waals surface area contributed by atoms with Crippen LogP contribution in [0.1, 0.15) is 45.7 Å². The molecule has 218 valence electrons. The fourth-order valence-corrected chi connectivity index (χ4v) is 5.54. The van der Waals surface area contributed by atoms with E-state index in [0.29, 0.717) is 32.2 Å². The number of alkyl halides is 6. The summed E-state index contributed by atoms with van der Waals surface area (Å²) in [5.41, 5.74) is 0.0921. The largest absolute Gasteiger partial charge is 0.506 e. The van der Waals surface area contributed by atoms with Crippen LogP contribution in [0.2, 0.25) is 0 Å². The summed E-state index contributed by atoms with van der Waals surface area (Å²) in [7, 11) is 1.44. The lowest BCUT2D eigenvalue weighted by Gasteiger charge is -2.10. The Balaban J connectivity index is 0.000000228. The van der Waals surface area contributed by atoms with E-state index in [2.05, 4.69) is 0 Å². The van der Waals surface area contributed by atoms with Crippen molar-refractivity contribution in [3.8, 4) is 32.4 Å². The molecule has 2 aromatic carbocycles. The van der Waals surface area contributed by atoms with E-state index in [0.717, 1.165) is 35.6 Å². The molecular formula is C28H22F6O5S2. The Bertz CT molecular complexity index is 1500. The van der Waals surface area contributed by atoms with Crippen molar-refractivity contribution in [2.75, 3.05) is 13.9 Å². The molecule has 2 heterocycles. The molecule has 0 saturated carbocycles. The third-order valence-corrected chi connectivity index (χ3v) is 7.57. The van der Waals surface area contributed by atoms with Gasteiger partial charge in [-0.05, 0) is 49.2 Å². The number of thiophene rings is 2. The molecule has 41 heavy (non-hydrogen) atoms. The highest BCUT2D eigenvalue weighted by Gasteiger charge is 2.31. The lowest BCUT2D eigenvalue weighted by atomic mass is 10.1. The maximum Gasteiger partial charge on any atom is 0.416 e. The molecule has 13 heteroatoms. The van der Waals surface area contributed by atoms with Crippen molar-refractivity contribution < 1.29 is 50.5 Å². The van der Waals surface area contributed by atoms with Gasteiger partial charge in [-0.25, -0.2) is 0 Å². The Morgan fingerprint density at radius 1 is 0.732 bits per heavy atom. The van der Waals surface area contributed by atoms with Gasteiger partial charge in [0.05, 0.1) is 32.0 Å². The quantitative estimate of drug-likeness (QED) is 0.128. The molecule has 0 saturated heterocycles. The topological polar surface area (TPSA) is 72.8 Å². The zero-order chi connectivity index (χ0) is 30.5. The van der Waals surface area contributed by atoms with Crippen LogP contribution in [0.4, 0.5) is 26.3 Å². The van der Waals surface area contributed by atoms with E-state index in [-0.39, 0.29) is 29.7 Å². The van der Waals surface area contributed by atoms with E-state index in [1.165, 1.54) is 61.9 Å². The number of halogens is 6. The van der Waals surface area contributed by atoms with Gasteiger partial charge >= 0.3 is 12.4 Å². The second-order valence-corrected chi connectivity index (χ2v) is 10.2. The molecule has 0 spiro atoms. The third-order valence-electron chi connectivity index (χ3n) is 5.54. The van der Waals surface area contributed by atoms with Crippen LogP contribution in [-0.2, 0) is 17.1 Å². The number of carbonyl (C=O) groups is 2. The summed E-state index contributed by atoms with van der Waals surface area (Å²) in [6.07, 6.45) is -8.77. The molecule has 0 aliphatic heterocycles. The number of carbonyl (C=O) groups excluding carboxylic acids is 2. The maximum atomic E-state index is 12.6. The Morgan fingerprint density at radius 2 is 1.15 bits per heavy atom. The number of hydrogen-bond acceptors (Lipinski definition) is 7. The van der Waals surface area contributed by atoms with Gasteiger partial charge in [0.25, 0.3) is 0 Å². The van der Waals surface area contributed by atoms with Crippen LogP contribution in [0.25, 0.3) is 20.9 Å². The second kappa shape index (κ2) is 12.9. The smallest absolute Gasteiger partial charge is 0.416 e. The van der Waals surface area contributed by atoms with Crippen LogP contribution in [-0.4, -0.2) is 30.6 Å². The van der Waals surface area contributed by atoms with E-state index in [4.69, 9.17) is 9.47 Å². The van der Waals surface area contributed by atoms with Gasteiger partial charge in [-0.3, -0.25) is 9.59 Å². The summed E-state index contributed by atoms with van der Waals surface area (Å²) in [5.74, 6) is -0.316. The van der Waals surface area contributed by atoms with Gasteiger partial charge in [-0.2, -0.15) is 26.3 Å². The van der Waals surface area contributed by atoms with Crippen LogP contribution >= 0.6 is 22.7 Å². The van der Waals surface area contributed by atoms with Crippen molar-refractivity contribution in [3.63, 3.8) is 0 Å². The molecule has 0 amide bonds. The molecule has 4 rings (SSSR count). The first-order valence-corrected chi connectivity index (χ1v) is 13.3. The van der Waals surface area contributed by atoms with E-state index in [1.807, 2.05) is 0 Å². The van der Waals surface area contributed by atoms with Crippen molar-refractivity contribution in [2.24, 2.45) is 0 Å². The Kier molecular flexibility index (Phi) is 10.0. The fraction of sp³-hybridized carbons (Fsp3) is 0.214. The Morgan fingerprint density at radius 3 is 1.54 bits per heavy atom. The van der Waals surface area contributed by atoms with Crippen molar-refractivity contribution in [2.45, 2.75) is 26.2 Å². The lowest BCUT2D eigenvalue weighted by Crippen LogP contribution is -2.04. The summed E-state index contributed by atoms with van der Waals surface area (Å²) in [5, 5.41) is 13.0. The van der Waals surface area contributed by atoms with Crippen LogP contribution in [0.3, 0.4) is 0 Å². The normalized spacial score (nSPS) is 11.5. The van der Waals surface area contributed by atoms with E-state index in [1.54, 1.807) is 5.38 Å². The summed E-state index contributed by atoms with van der Waals surface area (Å²) < 4.78 is 85.3. The molecule has 0 radical (unpaired) electrons. The molecule has 5 nitrogen and oxygen atoms in total. The summed E-state index contributed by atoms with van der Waals surface area (Å²) in [6.45, 7) is 2.67. The van der Waals surface area contributed by atoms with Gasteiger partial charge < -0.3 is 14.6 Å². The van der Waals surface area contributed by atoms with Crippen molar-refractivity contribution >= 4 is 34.2 Å². The Labute approximate surface area is 238 Å². The minimum absolute atomic E-state index is 0.0509. The predicted octanol–water partition coefficient (Wildman–Crippen LogP) is 8.96. The highest BCUT2D eigenvalue weighted by atomic mass is 32.1. The van der Waals surface area contributed by atoms with Crippen LogP contribution < -0.4 is 4.74 Å². The number of benzene rings is 2. The minimum Gasteiger partial charge on any atom is -0.506 e. The number of ketones is 2. The average molecular weight is 617 g/mol. The number of hydrogen-bond donors (Lipinski definition) is 1. The molecule has 1 N–H and O–H groups in total. The predicted molar refractivity (Wildman–Crippen MR) is 144 cm³/mol. The zero-order valence-electron chi connectivity index (χ0n) is 21.6. The average Bonchev–Trinajstić information content (AvgIpc) is 3.51. The van der Waals surface area contributed by atoms with Crippen LogP contribution in [0.5, 0.6) is 11.5 Å². The molecule has 0 aliphatic rings. The highest BCUT2D eigenvalue weighted by molar-refractivity contribution is 7.14. The van der Waals surface area contributed by atoms with Gasteiger partial charge in [0.2, 0.25) is 0 Å². The molecule has 0 aliphatic carbocycles. The SMILES string of the molecule is CC(=O)c1csc(-c2ccc(C(F)(F)F)cc2)c1O.COCOc1c(C(C)=O)csc1-c1ccc(C(F)(F)F)cc1. The molecule has 2 aromatic heterocycles. The number of ether oxygens (including phenoxy) is 2. The summed E-state index contributed by atoms with van der Waals surface area (Å²) in [4.78, 5) is 23.8. The van der Waals surface area contributed by atoms with Gasteiger partial charge in [0.15, 0.2) is 24.1 Å². The molecule has 0 bridgehead atoms. The third kappa shape index (κ3) is 7.75. The van der Waals surface area contributed by atoms with Gasteiger partial charge in [-0.15, -0.1) is 22.7 Å². The summed E-state index contributed by atoms with van der Waals surface area (Å²) in [6, 6.07) is 9.17. The molecule has 0 unspecified atom stereocenters. The monoisotopic (exact) mass is 616 g/mol. The van der Waals surface area contributed by atoms with E-state index in [9.17, 15) is 41.0 Å². The minimum atomic E-state index is -4.39. The first-order chi connectivity index (χ1) is 19.1.